The van der Waals surface area contributed by atoms with Crippen molar-refractivity contribution in [3.63, 3.8) is 0 Å². The summed E-state index contributed by atoms with van der Waals surface area (Å²) in [5.41, 5.74) is 10.8. The number of rotatable bonds is 6. The molecular weight excluding hydrogens is 360 g/mol. The number of nitrogen functional groups attached to an aromatic ring is 1. The van der Waals surface area contributed by atoms with Gasteiger partial charge in [-0.15, -0.1) is 0 Å². The number of nitrogens with two attached hydrogens (primary N) is 1. The Morgan fingerprint density at radius 2 is 1.96 bits per heavy atom. The van der Waals surface area contributed by atoms with Gasteiger partial charge in [0.25, 0.3) is 0 Å². The van der Waals surface area contributed by atoms with Crippen molar-refractivity contribution < 1.29 is 5.11 Å². The second kappa shape index (κ2) is 8.20. The van der Waals surface area contributed by atoms with Crippen molar-refractivity contribution >= 4 is 28.7 Å². The van der Waals surface area contributed by atoms with E-state index < -0.39 is 0 Å². The first kappa shape index (κ1) is 18.9. The van der Waals surface area contributed by atoms with Crippen LogP contribution in [0, 0.1) is 5.41 Å². The summed E-state index contributed by atoms with van der Waals surface area (Å²) in [4.78, 5) is 4.27. The zero-order valence-electron chi connectivity index (χ0n) is 14.9. The molecular formula is C21H21ClN4O. The van der Waals surface area contributed by atoms with Crippen LogP contribution in [-0.4, -0.2) is 22.4 Å². The summed E-state index contributed by atoms with van der Waals surface area (Å²) in [6.45, 7) is 1.64. The molecule has 0 amide bonds. The van der Waals surface area contributed by atoms with E-state index in [9.17, 15) is 5.11 Å². The van der Waals surface area contributed by atoms with Crippen molar-refractivity contribution in [1.29, 1.82) is 5.41 Å². The third kappa shape index (κ3) is 4.27. The van der Waals surface area contributed by atoms with Crippen LogP contribution in [0.2, 0.25) is 5.15 Å². The number of aliphatic hydroxyl groups is 1. The van der Waals surface area contributed by atoms with E-state index in [4.69, 9.17) is 22.7 Å². The van der Waals surface area contributed by atoms with Crippen LogP contribution in [0.3, 0.4) is 0 Å². The molecule has 0 bridgehead atoms. The fourth-order valence-electron chi connectivity index (χ4n) is 2.90. The molecule has 0 aliphatic heterocycles. The van der Waals surface area contributed by atoms with E-state index in [2.05, 4.69) is 10.3 Å². The first-order valence-corrected chi connectivity index (χ1v) is 8.90. The summed E-state index contributed by atoms with van der Waals surface area (Å²) in [6.07, 6.45) is 1.64. The minimum Gasteiger partial charge on any atom is -0.398 e. The summed E-state index contributed by atoms with van der Waals surface area (Å²) in [6, 6.07) is 16.8. The van der Waals surface area contributed by atoms with Crippen molar-refractivity contribution in [1.82, 2.24) is 4.98 Å². The maximum Gasteiger partial charge on any atom is 0.136 e. The average Bonchev–Trinajstić information content (AvgIpc) is 2.68. The number of benzene rings is 2. The molecule has 0 fully saturated rings. The van der Waals surface area contributed by atoms with Gasteiger partial charge in [-0.3, -0.25) is 0 Å². The SMILES string of the molecule is CC(=N)c1cc(-c2cc(NC(CO)c3ccccc3)cnc2Cl)ccc1N. The highest BCUT2D eigenvalue weighted by Crippen LogP contribution is 2.32. The van der Waals surface area contributed by atoms with Gasteiger partial charge in [-0.2, -0.15) is 0 Å². The Morgan fingerprint density at radius 1 is 1.22 bits per heavy atom. The number of hydrogen-bond donors (Lipinski definition) is 4. The molecule has 27 heavy (non-hydrogen) atoms. The second-order valence-corrected chi connectivity index (χ2v) is 6.64. The number of nitrogens with one attached hydrogen (secondary N) is 2. The third-order valence-corrected chi connectivity index (χ3v) is 4.63. The van der Waals surface area contributed by atoms with Crippen molar-refractivity contribution in [2.24, 2.45) is 0 Å². The largest absolute Gasteiger partial charge is 0.398 e. The van der Waals surface area contributed by atoms with Gasteiger partial charge in [-0.25, -0.2) is 4.98 Å². The van der Waals surface area contributed by atoms with Gasteiger partial charge >= 0.3 is 0 Å². The van der Waals surface area contributed by atoms with Crippen molar-refractivity contribution in [2.45, 2.75) is 13.0 Å². The van der Waals surface area contributed by atoms with E-state index in [-0.39, 0.29) is 12.6 Å². The molecule has 5 nitrogen and oxygen atoms in total. The molecule has 1 heterocycles. The Hall–Kier alpha value is -2.89. The third-order valence-electron chi connectivity index (χ3n) is 4.33. The fourth-order valence-corrected chi connectivity index (χ4v) is 3.11. The lowest BCUT2D eigenvalue weighted by molar-refractivity contribution is 0.276. The number of anilines is 2. The fraction of sp³-hybridized carbons (Fsp3) is 0.143. The molecule has 138 valence electrons. The summed E-state index contributed by atoms with van der Waals surface area (Å²) in [5.74, 6) is 0. The van der Waals surface area contributed by atoms with Crippen LogP contribution in [0.25, 0.3) is 11.1 Å². The zero-order valence-corrected chi connectivity index (χ0v) is 15.7. The number of hydrogen-bond acceptors (Lipinski definition) is 5. The first-order chi connectivity index (χ1) is 13.0. The maximum absolute atomic E-state index is 9.76. The molecule has 0 saturated heterocycles. The van der Waals surface area contributed by atoms with E-state index in [0.717, 1.165) is 22.4 Å². The number of halogens is 1. The van der Waals surface area contributed by atoms with Crippen molar-refractivity contribution in [2.75, 3.05) is 17.7 Å². The lowest BCUT2D eigenvalue weighted by atomic mass is 10.0. The van der Waals surface area contributed by atoms with Gasteiger partial charge in [0, 0.05) is 22.5 Å². The molecule has 1 unspecified atom stereocenters. The molecule has 3 rings (SSSR count). The van der Waals surface area contributed by atoms with Crippen molar-refractivity contribution in [3.05, 3.63) is 77.1 Å². The Morgan fingerprint density at radius 3 is 2.63 bits per heavy atom. The summed E-state index contributed by atoms with van der Waals surface area (Å²) in [5, 5.41) is 21.3. The molecule has 0 spiro atoms. The van der Waals surface area contributed by atoms with Crippen molar-refractivity contribution in [3.8, 4) is 11.1 Å². The maximum atomic E-state index is 9.76. The second-order valence-electron chi connectivity index (χ2n) is 6.28. The van der Waals surface area contributed by atoms with Crippen LogP contribution in [0.5, 0.6) is 0 Å². The Kier molecular flexibility index (Phi) is 5.74. The lowest BCUT2D eigenvalue weighted by Crippen LogP contribution is -2.15. The van der Waals surface area contributed by atoms with Gasteiger partial charge in [0.1, 0.15) is 5.15 Å². The molecule has 0 aliphatic carbocycles. The monoisotopic (exact) mass is 380 g/mol. The molecule has 3 aromatic rings. The summed E-state index contributed by atoms with van der Waals surface area (Å²) < 4.78 is 0. The Labute approximate surface area is 163 Å². The molecule has 2 aromatic carbocycles. The predicted octanol–water partition coefficient (Wildman–Crippen LogP) is 4.52. The minimum absolute atomic E-state index is 0.0546. The van der Waals surface area contributed by atoms with E-state index in [1.165, 1.54) is 0 Å². The molecule has 0 saturated carbocycles. The number of nitrogens with zero attached hydrogens (tertiary/aromatic N) is 1. The van der Waals surface area contributed by atoms with E-state index in [1.807, 2.05) is 48.5 Å². The predicted molar refractivity (Wildman–Crippen MR) is 111 cm³/mol. The minimum atomic E-state index is -0.257. The molecule has 5 N–H and O–H groups in total. The first-order valence-electron chi connectivity index (χ1n) is 8.53. The Balaban J connectivity index is 1.95. The van der Waals surface area contributed by atoms with Crippen LogP contribution < -0.4 is 11.1 Å². The topological polar surface area (TPSA) is 95.0 Å². The summed E-state index contributed by atoms with van der Waals surface area (Å²) >= 11 is 6.32. The van der Waals surface area contributed by atoms with E-state index >= 15 is 0 Å². The van der Waals surface area contributed by atoms with Gasteiger partial charge in [0.15, 0.2) is 0 Å². The number of aliphatic hydroxyl groups excluding tert-OH is 1. The number of aromatic nitrogens is 1. The number of pyridine rings is 1. The van der Waals surface area contributed by atoms with Gasteiger partial charge in [-0.1, -0.05) is 48.0 Å². The van der Waals surface area contributed by atoms with Crippen LogP contribution >= 0.6 is 11.6 Å². The van der Waals surface area contributed by atoms with Crippen LogP contribution in [0.1, 0.15) is 24.1 Å². The lowest BCUT2D eigenvalue weighted by Gasteiger charge is -2.19. The summed E-state index contributed by atoms with van der Waals surface area (Å²) in [7, 11) is 0. The molecule has 1 aromatic heterocycles. The van der Waals surface area contributed by atoms with E-state index in [0.29, 0.717) is 22.1 Å². The molecule has 0 radical (unpaired) electrons. The van der Waals surface area contributed by atoms with Gasteiger partial charge in [-0.05, 0) is 36.2 Å². The van der Waals surface area contributed by atoms with Crippen LogP contribution in [0.4, 0.5) is 11.4 Å². The highest BCUT2D eigenvalue weighted by atomic mass is 35.5. The molecule has 6 heteroatoms. The molecule has 1 atom stereocenters. The standard InChI is InChI=1S/C21H21ClN4O/c1-13(23)17-9-15(7-8-19(17)24)18-10-16(11-25-21(18)22)26-20(12-27)14-5-3-2-4-6-14/h2-11,20,23,26-27H,12,24H2,1H3. The van der Waals surface area contributed by atoms with Gasteiger partial charge in [0.2, 0.25) is 0 Å². The Bertz CT molecular complexity index is 960. The van der Waals surface area contributed by atoms with E-state index in [1.54, 1.807) is 19.2 Å². The molecule has 0 aliphatic rings. The highest BCUT2D eigenvalue weighted by molar-refractivity contribution is 6.32. The van der Waals surface area contributed by atoms with Crippen LogP contribution in [-0.2, 0) is 0 Å². The average molecular weight is 381 g/mol. The zero-order chi connectivity index (χ0) is 19.4. The normalized spacial score (nSPS) is 11.8. The van der Waals surface area contributed by atoms with Gasteiger partial charge < -0.3 is 21.6 Å². The van der Waals surface area contributed by atoms with Gasteiger partial charge in [0.05, 0.1) is 24.5 Å². The van der Waals surface area contributed by atoms with Crippen LogP contribution in [0.15, 0.2) is 60.8 Å². The smallest absolute Gasteiger partial charge is 0.136 e. The quantitative estimate of drug-likeness (QED) is 0.287. The highest BCUT2D eigenvalue weighted by Gasteiger charge is 2.13.